The van der Waals surface area contributed by atoms with Crippen LogP contribution in [0, 0.1) is 23.7 Å². The van der Waals surface area contributed by atoms with Gasteiger partial charge < -0.3 is 10.6 Å². The Hall–Kier alpha value is -3.74. The molecule has 1 saturated heterocycles. The Labute approximate surface area is 190 Å². The second kappa shape index (κ2) is 7.40. The summed E-state index contributed by atoms with van der Waals surface area (Å²) in [6, 6.07) is 12.3. The lowest BCUT2D eigenvalue weighted by Crippen LogP contribution is -2.40. The number of benzene rings is 2. The monoisotopic (exact) mass is 441 g/mol. The first-order valence-electron chi connectivity index (χ1n) is 11.4. The van der Waals surface area contributed by atoms with E-state index >= 15 is 0 Å². The van der Waals surface area contributed by atoms with Gasteiger partial charge in [-0.05, 0) is 47.9 Å². The lowest BCUT2D eigenvalue weighted by molar-refractivity contribution is -0.140. The summed E-state index contributed by atoms with van der Waals surface area (Å²) < 4.78 is 0. The maximum atomic E-state index is 12.9. The third-order valence-electron chi connectivity index (χ3n) is 7.46. The summed E-state index contributed by atoms with van der Waals surface area (Å²) in [5.41, 5.74) is 3.50. The average Bonchev–Trinajstić information content (AvgIpc) is 3.27. The number of likely N-dealkylation sites (tertiary alicyclic amines) is 1. The molecule has 0 spiro atoms. The van der Waals surface area contributed by atoms with Crippen molar-refractivity contribution >= 4 is 29.3 Å². The highest BCUT2D eigenvalue weighted by molar-refractivity contribution is 6.22. The number of ketones is 1. The van der Waals surface area contributed by atoms with E-state index in [-0.39, 0.29) is 54.4 Å². The van der Waals surface area contributed by atoms with Gasteiger partial charge in [-0.2, -0.15) is 0 Å². The lowest BCUT2D eigenvalue weighted by atomic mass is 9.63. The minimum absolute atomic E-state index is 0.0550. The number of carbonyl (C=O) groups excluding carboxylic acids is 4. The number of nitrogens with zero attached hydrogens (tertiary/aromatic N) is 1. The summed E-state index contributed by atoms with van der Waals surface area (Å²) in [6.45, 7) is 0.330. The van der Waals surface area contributed by atoms with E-state index in [2.05, 4.69) is 22.8 Å². The van der Waals surface area contributed by atoms with Crippen LogP contribution in [0.2, 0.25) is 0 Å². The maximum Gasteiger partial charge on any atom is 0.319 e. The number of carbonyl (C=O) groups is 4. The topological polar surface area (TPSA) is 95.6 Å². The second-order valence-corrected chi connectivity index (χ2v) is 9.19. The number of hydrogen-bond acceptors (Lipinski definition) is 4. The predicted octanol–water partition coefficient (Wildman–Crippen LogP) is 3.22. The molecule has 33 heavy (non-hydrogen) atoms. The third kappa shape index (κ3) is 3.03. The van der Waals surface area contributed by atoms with Gasteiger partial charge in [-0.3, -0.25) is 19.3 Å². The molecule has 7 heteroatoms. The summed E-state index contributed by atoms with van der Waals surface area (Å²) in [7, 11) is 0. The molecule has 4 amide bonds. The van der Waals surface area contributed by atoms with Crippen molar-refractivity contribution in [3.05, 3.63) is 65.7 Å². The minimum atomic E-state index is -0.448. The van der Waals surface area contributed by atoms with Crippen molar-refractivity contribution in [3.8, 4) is 11.1 Å². The summed E-state index contributed by atoms with van der Waals surface area (Å²) in [5.74, 6) is -0.421. The molecule has 4 atom stereocenters. The van der Waals surface area contributed by atoms with Gasteiger partial charge in [0.05, 0.1) is 11.8 Å². The third-order valence-corrected chi connectivity index (χ3v) is 7.46. The fraction of sp³-hybridized carbons (Fsp3) is 0.308. The van der Waals surface area contributed by atoms with Gasteiger partial charge in [-0.15, -0.1) is 0 Å². The van der Waals surface area contributed by atoms with E-state index in [0.29, 0.717) is 16.8 Å². The smallest absolute Gasteiger partial charge is 0.319 e. The van der Waals surface area contributed by atoms with Crippen LogP contribution in [0.1, 0.15) is 28.8 Å². The molecule has 166 valence electrons. The Kier molecular flexibility index (Phi) is 4.47. The van der Waals surface area contributed by atoms with E-state index in [4.69, 9.17) is 0 Å². The van der Waals surface area contributed by atoms with Gasteiger partial charge in [0.15, 0.2) is 5.78 Å². The van der Waals surface area contributed by atoms with Crippen LogP contribution in [-0.4, -0.2) is 41.6 Å². The van der Waals surface area contributed by atoms with Crippen molar-refractivity contribution in [1.29, 1.82) is 0 Å². The van der Waals surface area contributed by atoms with Gasteiger partial charge in [-0.25, -0.2) is 4.79 Å². The van der Waals surface area contributed by atoms with E-state index < -0.39 is 6.03 Å². The van der Waals surface area contributed by atoms with Crippen molar-refractivity contribution in [2.24, 2.45) is 23.7 Å². The first-order chi connectivity index (χ1) is 16.0. The van der Waals surface area contributed by atoms with E-state index in [9.17, 15) is 19.2 Å². The lowest BCUT2D eigenvalue weighted by Gasteiger charge is -2.38. The van der Waals surface area contributed by atoms with Crippen LogP contribution in [0.25, 0.3) is 11.1 Å². The SMILES string of the molecule is O=C(NCCN1C(=O)[C@@H]2[C@@H](C1=O)[C@H]1C=C[C@H]2CC1)Nc1ccc2c(c1)C(=O)c1ccccc1-2. The zero-order valence-electron chi connectivity index (χ0n) is 17.9. The molecule has 0 aromatic heterocycles. The number of imide groups is 1. The molecule has 2 fully saturated rings. The molecular weight excluding hydrogens is 418 g/mol. The molecule has 2 aromatic rings. The van der Waals surface area contributed by atoms with Crippen LogP contribution < -0.4 is 10.6 Å². The van der Waals surface area contributed by atoms with Crippen LogP contribution >= 0.6 is 0 Å². The fourth-order valence-corrected chi connectivity index (χ4v) is 5.92. The average molecular weight is 441 g/mol. The van der Waals surface area contributed by atoms with Crippen LogP contribution in [0.3, 0.4) is 0 Å². The zero-order valence-corrected chi connectivity index (χ0v) is 17.9. The van der Waals surface area contributed by atoms with E-state index in [1.54, 1.807) is 18.2 Å². The van der Waals surface area contributed by atoms with Crippen molar-refractivity contribution in [2.75, 3.05) is 18.4 Å². The summed E-state index contributed by atoms with van der Waals surface area (Å²) in [5, 5.41) is 5.46. The van der Waals surface area contributed by atoms with Crippen LogP contribution in [-0.2, 0) is 9.59 Å². The van der Waals surface area contributed by atoms with Gasteiger partial charge in [0.1, 0.15) is 0 Å². The van der Waals surface area contributed by atoms with Crippen molar-refractivity contribution in [1.82, 2.24) is 10.2 Å². The van der Waals surface area contributed by atoms with Gasteiger partial charge in [0.2, 0.25) is 11.8 Å². The Morgan fingerprint density at radius 1 is 0.848 bits per heavy atom. The van der Waals surface area contributed by atoms with Crippen LogP contribution in [0.4, 0.5) is 10.5 Å². The first kappa shape index (κ1) is 19.9. The molecular formula is C26H23N3O4. The Bertz CT molecular complexity index is 1220. The number of amides is 4. The predicted molar refractivity (Wildman–Crippen MR) is 121 cm³/mol. The van der Waals surface area contributed by atoms with Gasteiger partial charge >= 0.3 is 6.03 Å². The standard InChI is InChI=1S/C26H23N3O4/c30-23-19-4-2-1-3-17(19)18-10-9-16(13-20(18)23)28-26(33)27-11-12-29-24(31)21-14-5-6-15(8-7-14)22(21)25(29)32/h1-6,9-10,13-15,21-22H,7-8,11-12H2,(H2,27,28,33)/t14-,15-,21-,22-/m0/s1. The van der Waals surface area contributed by atoms with E-state index in [1.165, 1.54) is 4.90 Å². The van der Waals surface area contributed by atoms with Crippen molar-refractivity contribution < 1.29 is 19.2 Å². The number of fused-ring (bicyclic) bond motifs is 4. The molecule has 0 radical (unpaired) electrons. The Morgan fingerprint density at radius 3 is 2.15 bits per heavy atom. The maximum absolute atomic E-state index is 12.9. The summed E-state index contributed by atoms with van der Waals surface area (Å²) in [6.07, 6.45) is 6.11. The van der Waals surface area contributed by atoms with Crippen molar-refractivity contribution in [2.45, 2.75) is 12.8 Å². The molecule has 2 N–H and O–H groups in total. The normalized spacial score (nSPS) is 26.3. The highest BCUT2D eigenvalue weighted by Crippen LogP contribution is 2.49. The zero-order chi connectivity index (χ0) is 22.7. The van der Waals surface area contributed by atoms with Gasteiger partial charge in [-0.1, -0.05) is 42.5 Å². The van der Waals surface area contributed by atoms with Crippen molar-refractivity contribution in [3.63, 3.8) is 0 Å². The number of allylic oxidation sites excluding steroid dienone is 2. The first-order valence-corrected chi connectivity index (χ1v) is 11.4. The molecule has 0 unspecified atom stereocenters. The number of urea groups is 1. The second-order valence-electron chi connectivity index (χ2n) is 9.19. The van der Waals surface area contributed by atoms with E-state index in [0.717, 1.165) is 24.0 Å². The fourth-order valence-electron chi connectivity index (χ4n) is 5.92. The number of anilines is 1. The molecule has 2 aromatic carbocycles. The minimum Gasteiger partial charge on any atom is -0.336 e. The molecule has 2 bridgehead atoms. The highest BCUT2D eigenvalue weighted by Gasteiger charge is 2.56. The van der Waals surface area contributed by atoms with Crippen LogP contribution in [0.5, 0.6) is 0 Å². The van der Waals surface area contributed by atoms with Crippen LogP contribution in [0.15, 0.2) is 54.6 Å². The number of rotatable bonds is 4. The molecule has 7 rings (SSSR count). The molecule has 5 aliphatic rings. The number of hydrogen-bond donors (Lipinski definition) is 2. The highest BCUT2D eigenvalue weighted by atomic mass is 16.2. The van der Waals surface area contributed by atoms with Gasteiger partial charge in [0, 0.05) is 29.9 Å². The molecule has 1 aliphatic heterocycles. The molecule has 7 nitrogen and oxygen atoms in total. The number of nitrogens with one attached hydrogen (secondary N) is 2. The molecule has 4 aliphatic carbocycles. The largest absolute Gasteiger partial charge is 0.336 e. The summed E-state index contributed by atoms with van der Waals surface area (Å²) in [4.78, 5) is 52.1. The summed E-state index contributed by atoms with van der Waals surface area (Å²) >= 11 is 0. The Balaban J connectivity index is 1.07. The quantitative estimate of drug-likeness (QED) is 0.480. The van der Waals surface area contributed by atoms with Gasteiger partial charge in [0.25, 0.3) is 0 Å². The van der Waals surface area contributed by atoms with E-state index in [1.807, 2.05) is 24.3 Å². The molecule has 1 heterocycles. The Morgan fingerprint density at radius 2 is 1.48 bits per heavy atom. The molecule has 1 saturated carbocycles.